The number of carbonyl (C=O) groups excluding carboxylic acids is 2. The number of nitrogens with zero attached hydrogens (tertiary/aromatic N) is 1. The van der Waals surface area contributed by atoms with Gasteiger partial charge in [0.2, 0.25) is 0 Å². The fraction of sp³-hybridized carbons (Fsp3) is 0.118. The lowest BCUT2D eigenvalue weighted by molar-refractivity contribution is -0.112. The number of thiazole rings is 1. The van der Waals surface area contributed by atoms with Crippen molar-refractivity contribution in [1.82, 2.24) is 4.98 Å². The Morgan fingerprint density at radius 1 is 1.00 bits per heavy atom. The van der Waals surface area contributed by atoms with Crippen molar-refractivity contribution in [2.75, 3.05) is 19.5 Å². The third-order valence-corrected chi connectivity index (χ3v) is 4.31. The molecule has 1 aromatic heterocycles. The molecule has 0 aliphatic carbocycles. The van der Waals surface area contributed by atoms with E-state index in [2.05, 4.69) is 10.3 Å². The number of anilines is 1. The van der Waals surface area contributed by atoms with Crippen LogP contribution in [0.3, 0.4) is 0 Å². The second kappa shape index (κ2) is 6.67. The Morgan fingerprint density at radius 3 is 2.33 bits per heavy atom. The van der Waals surface area contributed by atoms with Crippen molar-refractivity contribution in [1.29, 1.82) is 0 Å². The number of carbonyl (C=O) groups is 2. The summed E-state index contributed by atoms with van der Waals surface area (Å²) in [6.07, 6.45) is 0. The molecule has 0 saturated heterocycles. The zero-order chi connectivity index (χ0) is 17.1. The predicted octanol–water partition coefficient (Wildman–Crippen LogP) is 3.13. The number of benzene rings is 2. The summed E-state index contributed by atoms with van der Waals surface area (Å²) in [7, 11) is 3.12. The summed E-state index contributed by atoms with van der Waals surface area (Å²) < 4.78 is 11.0. The summed E-state index contributed by atoms with van der Waals surface area (Å²) >= 11 is 1.28. The number of fused-ring (bicyclic) bond motifs is 1. The highest BCUT2D eigenvalue weighted by molar-refractivity contribution is 7.22. The summed E-state index contributed by atoms with van der Waals surface area (Å²) in [5, 5.41) is 2.91. The van der Waals surface area contributed by atoms with Crippen LogP contribution in [0.25, 0.3) is 10.2 Å². The summed E-state index contributed by atoms with van der Waals surface area (Å²) in [5.74, 6) is -0.0360. The van der Waals surface area contributed by atoms with Crippen LogP contribution in [0.5, 0.6) is 11.5 Å². The number of rotatable bonds is 5. The molecule has 1 N–H and O–H groups in total. The SMILES string of the molecule is COc1ccc(C(=O)C(=O)Nc2nc3ccc(OC)cc3s2)cc1. The molecule has 7 heteroatoms. The molecule has 1 heterocycles. The van der Waals surface area contributed by atoms with Gasteiger partial charge in [-0.05, 0) is 42.5 Å². The van der Waals surface area contributed by atoms with Crippen LogP contribution in [0.4, 0.5) is 5.13 Å². The van der Waals surface area contributed by atoms with Gasteiger partial charge in [0.05, 0.1) is 24.4 Å². The number of amides is 1. The van der Waals surface area contributed by atoms with Crippen molar-refractivity contribution in [2.24, 2.45) is 0 Å². The Kier molecular flexibility index (Phi) is 4.43. The van der Waals surface area contributed by atoms with Gasteiger partial charge in [0, 0.05) is 5.56 Å². The predicted molar refractivity (Wildman–Crippen MR) is 92.1 cm³/mol. The van der Waals surface area contributed by atoms with Gasteiger partial charge in [-0.3, -0.25) is 14.9 Å². The second-order valence-corrected chi connectivity index (χ2v) is 5.90. The second-order valence-electron chi connectivity index (χ2n) is 4.86. The molecule has 1 amide bonds. The van der Waals surface area contributed by atoms with Gasteiger partial charge in [0.25, 0.3) is 11.7 Å². The number of Topliss-reactive ketones (excluding diaryl/α,β-unsaturated/α-hetero) is 1. The average Bonchev–Trinajstić information content (AvgIpc) is 3.02. The van der Waals surface area contributed by atoms with Crippen LogP contribution in [0.2, 0.25) is 0 Å². The smallest absolute Gasteiger partial charge is 0.298 e. The van der Waals surface area contributed by atoms with Crippen LogP contribution in [0.15, 0.2) is 42.5 Å². The lowest BCUT2D eigenvalue weighted by Crippen LogP contribution is -2.22. The van der Waals surface area contributed by atoms with E-state index in [0.717, 1.165) is 10.2 Å². The van der Waals surface area contributed by atoms with Crippen LogP contribution in [0, 0.1) is 0 Å². The molecule has 122 valence electrons. The number of ether oxygens (including phenoxy) is 2. The molecule has 0 atom stereocenters. The monoisotopic (exact) mass is 342 g/mol. The minimum Gasteiger partial charge on any atom is -0.497 e. The topological polar surface area (TPSA) is 77.5 Å². The van der Waals surface area contributed by atoms with E-state index in [0.29, 0.717) is 16.6 Å². The summed E-state index contributed by atoms with van der Waals surface area (Å²) in [4.78, 5) is 28.6. The zero-order valence-electron chi connectivity index (χ0n) is 13.0. The molecule has 0 aliphatic heterocycles. The maximum atomic E-state index is 12.2. The molecule has 0 saturated carbocycles. The first-order chi connectivity index (χ1) is 11.6. The van der Waals surface area contributed by atoms with Gasteiger partial charge in [-0.15, -0.1) is 0 Å². The Labute approximate surface area is 142 Å². The molecule has 24 heavy (non-hydrogen) atoms. The van der Waals surface area contributed by atoms with E-state index in [1.165, 1.54) is 18.4 Å². The highest BCUT2D eigenvalue weighted by Gasteiger charge is 2.18. The van der Waals surface area contributed by atoms with Crippen molar-refractivity contribution in [2.45, 2.75) is 0 Å². The van der Waals surface area contributed by atoms with E-state index in [1.807, 2.05) is 6.07 Å². The maximum Gasteiger partial charge on any atom is 0.298 e. The Morgan fingerprint density at radius 2 is 1.67 bits per heavy atom. The summed E-state index contributed by atoms with van der Waals surface area (Å²) in [5.41, 5.74) is 1.02. The fourth-order valence-corrected chi connectivity index (χ4v) is 3.00. The average molecular weight is 342 g/mol. The number of hydrogen-bond donors (Lipinski definition) is 1. The third-order valence-electron chi connectivity index (χ3n) is 3.37. The van der Waals surface area contributed by atoms with E-state index < -0.39 is 11.7 Å². The van der Waals surface area contributed by atoms with Crippen molar-refractivity contribution < 1.29 is 19.1 Å². The van der Waals surface area contributed by atoms with E-state index in [-0.39, 0.29) is 5.56 Å². The molecule has 0 aliphatic rings. The van der Waals surface area contributed by atoms with Gasteiger partial charge in [0.1, 0.15) is 11.5 Å². The molecular weight excluding hydrogens is 328 g/mol. The van der Waals surface area contributed by atoms with Gasteiger partial charge in [-0.1, -0.05) is 11.3 Å². The molecule has 0 unspecified atom stereocenters. The minimum absolute atomic E-state index is 0.288. The molecular formula is C17H14N2O4S. The third kappa shape index (κ3) is 3.21. The molecule has 0 spiro atoms. The largest absolute Gasteiger partial charge is 0.497 e. The highest BCUT2D eigenvalue weighted by atomic mass is 32.1. The number of methoxy groups -OCH3 is 2. The van der Waals surface area contributed by atoms with E-state index in [1.54, 1.807) is 43.5 Å². The van der Waals surface area contributed by atoms with Gasteiger partial charge in [-0.25, -0.2) is 4.98 Å². The molecule has 6 nitrogen and oxygen atoms in total. The van der Waals surface area contributed by atoms with Crippen LogP contribution in [-0.2, 0) is 4.79 Å². The van der Waals surface area contributed by atoms with E-state index in [9.17, 15) is 9.59 Å². The lowest BCUT2D eigenvalue weighted by atomic mass is 10.1. The molecule has 3 rings (SSSR count). The van der Waals surface area contributed by atoms with E-state index in [4.69, 9.17) is 9.47 Å². The van der Waals surface area contributed by atoms with Crippen molar-refractivity contribution in [3.63, 3.8) is 0 Å². The summed E-state index contributed by atoms with van der Waals surface area (Å²) in [6.45, 7) is 0. The van der Waals surface area contributed by atoms with Gasteiger partial charge in [-0.2, -0.15) is 0 Å². The van der Waals surface area contributed by atoms with Gasteiger partial charge >= 0.3 is 0 Å². The Balaban J connectivity index is 1.76. The number of hydrogen-bond acceptors (Lipinski definition) is 6. The van der Waals surface area contributed by atoms with Crippen LogP contribution < -0.4 is 14.8 Å². The minimum atomic E-state index is -0.730. The van der Waals surface area contributed by atoms with Gasteiger partial charge in [0.15, 0.2) is 5.13 Å². The first-order valence-corrected chi connectivity index (χ1v) is 7.86. The molecule has 2 aromatic carbocycles. The standard InChI is InChI=1S/C17H14N2O4S/c1-22-11-5-3-10(4-6-11)15(20)16(21)19-17-18-13-8-7-12(23-2)9-14(13)24-17/h3-9H,1-2H3,(H,18,19,21). The molecule has 0 bridgehead atoms. The Hall–Kier alpha value is -2.93. The van der Waals surface area contributed by atoms with Crippen molar-refractivity contribution in [3.05, 3.63) is 48.0 Å². The lowest BCUT2D eigenvalue weighted by Gasteiger charge is -2.02. The first-order valence-electron chi connectivity index (χ1n) is 7.05. The Bertz CT molecular complexity index is 903. The number of ketones is 1. The van der Waals surface area contributed by atoms with E-state index >= 15 is 0 Å². The molecule has 3 aromatic rings. The quantitative estimate of drug-likeness (QED) is 0.569. The van der Waals surface area contributed by atoms with Crippen molar-refractivity contribution in [3.8, 4) is 11.5 Å². The van der Waals surface area contributed by atoms with Crippen LogP contribution in [-0.4, -0.2) is 30.9 Å². The normalized spacial score (nSPS) is 10.4. The van der Waals surface area contributed by atoms with Crippen molar-refractivity contribution >= 4 is 38.4 Å². The maximum absolute atomic E-state index is 12.2. The molecule has 0 radical (unpaired) electrons. The summed E-state index contributed by atoms with van der Waals surface area (Å²) in [6, 6.07) is 11.8. The number of aromatic nitrogens is 1. The van der Waals surface area contributed by atoms with Gasteiger partial charge < -0.3 is 9.47 Å². The highest BCUT2D eigenvalue weighted by Crippen LogP contribution is 2.29. The number of nitrogens with one attached hydrogen (secondary N) is 1. The zero-order valence-corrected chi connectivity index (χ0v) is 13.8. The first kappa shape index (κ1) is 15.9. The molecule has 0 fully saturated rings. The van der Waals surface area contributed by atoms with Crippen LogP contribution in [0.1, 0.15) is 10.4 Å². The fourth-order valence-electron chi connectivity index (χ4n) is 2.11. The van der Waals surface area contributed by atoms with Crippen LogP contribution >= 0.6 is 11.3 Å².